The van der Waals surface area contributed by atoms with Gasteiger partial charge in [-0.2, -0.15) is 0 Å². The molecule has 0 heterocycles. The fraction of sp³-hybridized carbons (Fsp3) is 0.450. The Hall–Kier alpha value is -2.11. The number of carboxylic acids is 1. The lowest BCUT2D eigenvalue weighted by Gasteiger charge is -2.08. The van der Waals surface area contributed by atoms with Crippen LogP contribution in [0.2, 0.25) is 0 Å². The number of unbranched alkanes of at least 4 members (excludes halogenated alkanes) is 2. The molecule has 4 N–H and O–H groups in total. The summed E-state index contributed by atoms with van der Waals surface area (Å²) in [7, 11) is 0. The van der Waals surface area contributed by atoms with Crippen LogP contribution in [-0.4, -0.2) is 38.6 Å². The summed E-state index contributed by atoms with van der Waals surface area (Å²) in [5, 5.41) is 37.0. The Labute approximate surface area is 150 Å². The molecule has 0 saturated carbocycles. The van der Waals surface area contributed by atoms with Crippen LogP contribution in [0.25, 0.3) is 0 Å². The lowest BCUT2D eigenvalue weighted by molar-refractivity contribution is -0.131. The zero-order valence-electron chi connectivity index (χ0n) is 14.8. The minimum absolute atomic E-state index is 0.0562. The van der Waals surface area contributed by atoms with Crippen molar-refractivity contribution in [3.05, 3.63) is 60.4 Å². The molecule has 0 aromatic rings. The number of hydrogen-bond acceptors (Lipinski definition) is 4. The molecule has 0 fully saturated rings. The van der Waals surface area contributed by atoms with Crippen LogP contribution in [0.15, 0.2) is 60.4 Å². The first-order chi connectivity index (χ1) is 12.0. The van der Waals surface area contributed by atoms with Gasteiger partial charge in [0.05, 0.1) is 12.2 Å². The van der Waals surface area contributed by atoms with Crippen LogP contribution in [0.4, 0.5) is 0 Å². The van der Waals surface area contributed by atoms with Gasteiger partial charge in [-0.05, 0) is 31.4 Å². The molecule has 2 atom stereocenters. The van der Waals surface area contributed by atoms with Crippen LogP contribution in [-0.2, 0) is 4.79 Å². The first-order valence-corrected chi connectivity index (χ1v) is 8.63. The second-order valence-electron chi connectivity index (χ2n) is 5.69. The van der Waals surface area contributed by atoms with Crippen molar-refractivity contribution in [2.75, 3.05) is 0 Å². The third-order valence-electron chi connectivity index (χ3n) is 3.45. The minimum atomic E-state index is -1.07. The molecule has 0 aliphatic carbocycles. The molecule has 5 nitrogen and oxygen atoms in total. The molecule has 140 valence electrons. The maximum atomic E-state index is 10.2. The second-order valence-corrected chi connectivity index (χ2v) is 5.69. The number of aliphatic carboxylic acids is 1. The third-order valence-corrected chi connectivity index (χ3v) is 3.45. The van der Waals surface area contributed by atoms with Crippen molar-refractivity contribution in [1.82, 2.24) is 0 Å². The van der Waals surface area contributed by atoms with Gasteiger partial charge < -0.3 is 20.4 Å². The number of aliphatic hydroxyl groups excluding tert-OH is 3. The van der Waals surface area contributed by atoms with Crippen LogP contribution >= 0.6 is 0 Å². The van der Waals surface area contributed by atoms with E-state index in [9.17, 15) is 20.1 Å². The van der Waals surface area contributed by atoms with E-state index in [0.717, 1.165) is 38.2 Å². The van der Waals surface area contributed by atoms with Crippen molar-refractivity contribution in [2.45, 2.75) is 57.7 Å². The quantitative estimate of drug-likeness (QED) is 0.175. The van der Waals surface area contributed by atoms with Crippen molar-refractivity contribution in [2.24, 2.45) is 0 Å². The molecule has 0 aromatic heterocycles. The normalized spacial score (nSPS) is 15.7. The highest BCUT2D eigenvalue weighted by atomic mass is 16.4. The van der Waals surface area contributed by atoms with E-state index in [1.165, 1.54) is 18.2 Å². The smallest absolute Gasteiger partial charge is 0.328 e. The van der Waals surface area contributed by atoms with E-state index in [-0.39, 0.29) is 11.9 Å². The molecule has 25 heavy (non-hydrogen) atoms. The van der Waals surface area contributed by atoms with Crippen molar-refractivity contribution in [1.29, 1.82) is 0 Å². The molecule has 5 heteroatoms. The topological polar surface area (TPSA) is 98.0 Å². The zero-order valence-corrected chi connectivity index (χ0v) is 14.8. The van der Waals surface area contributed by atoms with E-state index in [1.54, 1.807) is 30.4 Å². The SMILES string of the molecule is CC[C@@H](O)CCCCCC(O)C=CC=CC=CC(O)=CC=CC(=O)O. The van der Waals surface area contributed by atoms with E-state index in [1.807, 2.05) is 6.92 Å². The average Bonchev–Trinajstić information content (AvgIpc) is 2.57. The van der Waals surface area contributed by atoms with Gasteiger partial charge in [-0.3, -0.25) is 0 Å². The Morgan fingerprint density at radius 2 is 1.56 bits per heavy atom. The monoisotopic (exact) mass is 350 g/mol. The van der Waals surface area contributed by atoms with Gasteiger partial charge in [-0.1, -0.05) is 62.6 Å². The Morgan fingerprint density at radius 1 is 0.880 bits per heavy atom. The summed E-state index contributed by atoms with van der Waals surface area (Å²) in [5.74, 6) is -1.13. The van der Waals surface area contributed by atoms with Crippen molar-refractivity contribution in [3.8, 4) is 0 Å². The first-order valence-electron chi connectivity index (χ1n) is 8.63. The van der Waals surface area contributed by atoms with Gasteiger partial charge in [-0.25, -0.2) is 4.79 Å². The van der Waals surface area contributed by atoms with Crippen molar-refractivity contribution < 1.29 is 25.2 Å². The number of carbonyl (C=O) groups is 1. The number of allylic oxidation sites excluding steroid dienone is 7. The van der Waals surface area contributed by atoms with Crippen LogP contribution in [0.5, 0.6) is 0 Å². The van der Waals surface area contributed by atoms with Crippen molar-refractivity contribution >= 4 is 5.97 Å². The van der Waals surface area contributed by atoms with Gasteiger partial charge in [0.1, 0.15) is 5.76 Å². The van der Waals surface area contributed by atoms with Gasteiger partial charge in [0.25, 0.3) is 0 Å². The van der Waals surface area contributed by atoms with Crippen LogP contribution in [0.1, 0.15) is 45.4 Å². The highest BCUT2D eigenvalue weighted by Gasteiger charge is 2.01. The molecular formula is C20H30O5. The van der Waals surface area contributed by atoms with Gasteiger partial charge in [-0.15, -0.1) is 0 Å². The summed E-state index contributed by atoms with van der Waals surface area (Å²) >= 11 is 0. The largest absolute Gasteiger partial charge is 0.508 e. The maximum absolute atomic E-state index is 10.2. The molecule has 1 unspecified atom stereocenters. The summed E-state index contributed by atoms with van der Waals surface area (Å²) in [6.07, 6.45) is 17.9. The fourth-order valence-corrected chi connectivity index (χ4v) is 1.97. The molecule has 0 spiro atoms. The second kappa shape index (κ2) is 15.4. The summed E-state index contributed by atoms with van der Waals surface area (Å²) in [6, 6.07) is 0. The predicted octanol–water partition coefficient (Wildman–Crippen LogP) is 3.82. The average molecular weight is 350 g/mol. The highest BCUT2D eigenvalue weighted by molar-refractivity contribution is 5.80. The number of hydrogen-bond donors (Lipinski definition) is 4. The summed E-state index contributed by atoms with van der Waals surface area (Å²) in [5.41, 5.74) is 0. The van der Waals surface area contributed by atoms with E-state index < -0.39 is 12.1 Å². The third kappa shape index (κ3) is 16.5. The Bertz CT molecular complexity index is 500. The maximum Gasteiger partial charge on any atom is 0.328 e. The molecule has 0 saturated heterocycles. The standard InChI is InChI=1S/C20H30O5/c1-2-17(21)11-8-5-9-14-18(22)12-6-3-4-7-13-19(23)15-10-16-20(24)25/h3-4,6-7,10,12-13,15-18,21-23H,2,5,8-9,11,14H2,1H3,(H,24,25)/t17-,18?/m1/s1. The van der Waals surface area contributed by atoms with Gasteiger partial charge in [0.2, 0.25) is 0 Å². The Morgan fingerprint density at radius 3 is 2.24 bits per heavy atom. The van der Waals surface area contributed by atoms with Gasteiger partial charge in [0, 0.05) is 6.08 Å². The fourth-order valence-electron chi connectivity index (χ4n) is 1.97. The molecule has 0 aliphatic heterocycles. The molecule has 0 radical (unpaired) electrons. The minimum Gasteiger partial charge on any atom is -0.508 e. The summed E-state index contributed by atoms with van der Waals surface area (Å²) in [4.78, 5) is 10.2. The van der Waals surface area contributed by atoms with Crippen LogP contribution in [0, 0.1) is 0 Å². The Balaban J connectivity index is 3.92. The van der Waals surface area contributed by atoms with Gasteiger partial charge >= 0.3 is 5.97 Å². The molecular weight excluding hydrogens is 320 g/mol. The van der Waals surface area contributed by atoms with Crippen molar-refractivity contribution in [3.63, 3.8) is 0 Å². The number of aliphatic hydroxyl groups is 3. The molecule has 0 amide bonds. The molecule has 0 rings (SSSR count). The van der Waals surface area contributed by atoms with Crippen LogP contribution < -0.4 is 0 Å². The lowest BCUT2D eigenvalue weighted by Crippen LogP contribution is -2.04. The van der Waals surface area contributed by atoms with E-state index >= 15 is 0 Å². The summed E-state index contributed by atoms with van der Waals surface area (Å²) < 4.78 is 0. The predicted molar refractivity (Wildman–Crippen MR) is 100 cm³/mol. The van der Waals surface area contributed by atoms with Gasteiger partial charge in [0.15, 0.2) is 0 Å². The Kier molecular flexibility index (Phi) is 14.1. The van der Waals surface area contributed by atoms with E-state index in [4.69, 9.17) is 5.11 Å². The number of rotatable bonds is 13. The molecule has 0 aromatic carbocycles. The number of carboxylic acid groups (broad SMARTS) is 1. The lowest BCUT2D eigenvalue weighted by atomic mass is 10.1. The molecule has 0 aliphatic rings. The van der Waals surface area contributed by atoms with Crippen LogP contribution in [0.3, 0.4) is 0 Å². The first kappa shape index (κ1) is 22.9. The zero-order chi connectivity index (χ0) is 18.9. The molecule has 0 bridgehead atoms. The van der Waals surface area contributed by atoms with E-state index in [2.05, 4.69) is 0 Å². The highest BCUT2D eigenvalue weighted by Crippen LogP contribution is 2.09. The summed E-state index contributed by atoms with van der Waals surface area (Å²) in [6.45, 7) is 1.97. The van der Waals surface area contributed by atoms with E-state index in [0.29, 0.717) is 6.42 Å².